The zero-order valence-corrected chi connectivity index (χ0v) is 10.9. The van der Waals surface area contributed by atoms with Crippen LogP contribution >= 0.6 is 0 Å². The third-order valence-corrected chi connectivity index (χ3v) is 5.01. The molecule has 1 aliphatic rings. The maximum Gasteiger partial charge on any atom is 0.333 e. The van der Waals surface area contributed by atoms with E-state index in [1.54, 1.807) is 0 Å². The van der Waals surface area contributed by atoms with Gasteiger partial charge in [-0.05, 0) is 12.0 Å². The highest BCUT2D eigenvalue weighted by Gasteiger charge is 2.48. The average molecular weight is 285 g/mol. The third kappa shape index (κ3) is 3.31. The maximum atomic E-state index is 11.9. The van der Waals surface area contributed by atoms with Crippen LogP contribution in [0.4, 0.5) is 0 Å². The van der Waals surface area contributed by atoms with Crippen molar-refractivity contribution in [3.8, 4) is 0 Å². The maximum absolute atomic E-state index is 11.9. The van der Waals surface area contributed by atoms with E-state index >= 15 is 0 Å². The molecule has 3 atom stereocenters. The molecule has 2 rings (SSSR count). The van der Waals surface area contributed by atoms with Gasteiger partial charge in [-0.3, -0.25) is 0 Å². The fraction of sp³-hybridized carbons (Fsp3) is 0.417. The smallest absolute Gasteiger partial charge is 0.333 e. The fourth-order valence-corrected chi connectivity index (χ4v) is 3.61. The molecular weight excluding hydrogens is 270 g/mol. The number of hydrogen-bond acceptors (Lipinski definition) is 4. The van der Waals surface area contributed by atoms with Crippen molar-refractivity contribution in [2.75, 3.05) is 6.54 Å². The van der Waals surface area contributed by atoms with Crippen LogP contribution < -0.4 is 4.72 Å². The van der Waals surface area contributed by atoms with Gasteiger partial charge in [-0.2, -0.15) is 0 Å². The van der Waals surface area contributed by atoms with Crippen molar-refractivity contribution < 1.29 is 23.4 Å². The van der Waals surface area contributed by atoms with E-state index < -0.39 is 33.9 Å². The van der Waals surface area contributed by atoms with Gasteiger partial charge < -0.3 is 10.2 Å². The second-order valence-electron chi connectivity index (χ2n) is 4.54. The van der Waals surface area contributed by atoms with Gasteiger partial charge >= 0.3 is 5.97 Å². The number of carbonyl (C=O) groups is 1. The van der Waals surface area contributed by atoms with E-state index in [4.69, 9.17) is 10.2 Å². The van der Waals surface area contributed by atoms with Crippen molar-refractivity contribution in [3.05, 3.63) is 35.9 Å². The molecule has 0 bridgehead atoms. The summed E-state index contributed by atoms with van der Waals surface area (Å²) >= 11 is 0. The first-order chi connectivity index (χ1) is 8.92. The second-order valence-corrected chi connectivity index (χ2v) is 6.52. The van der Waals surface area contributed by atoms with Gasteiger partial charge in [0.2, 0.25) is 10.0 Å². The van der Waals surface area contributed by atoms with Gasteiger partial charge in [-0.1, -0.05) is 30.3 Å². The van der Waals surface area contributed by atoms with Crippen LogP contribution in [-0.4, -0.2) is 42.5 Å². The van der Waals surface area contributed by atoms with Crippen LogP contribution in [0.5, 0.6) is 0 Å². The first kappa shape index (κ1) is 14.0. The number of sulfonamides is 1. The summed E-state index contributed by atoms with van der Waals surface area (Å²) in [7, 11) is -3.59. The van der Waals surface area contributed by atoms with Gasteiger partial charge in [-0.15, -0.1) is 0 Å². The Morgan fingerprint density at radius 1 is 1.37 bits per heavy atom. The highest BCUT2D eigenvalue weighted by atomic mass is 32.2. The Bertz CT molecular complexity index is 557. The summed E-state index contributed by atoms with van der Waals surface area (Å²) < 4.78 is 25.9. The number of aliphatic hydroxyl groups excluding tert-OH is 1. The Hall–Kier alpha value is -1.44. The summed E-state index contributed by atoms with van der Waals surface area (Å²) in [5, 5.41) is 17.0. The number of nitrogens with one attached hydrogen (secondary N) is 1. The Morgan fingerprint density at radius 2 is 2.00 bits per heavy atom. The van der Waals surface area contributed by atoms with E-state index in [2.05, 4.69) is 4.72 Å². The molecule has 7 heteroatoms. The summed E-state index contributed by atoms with van der Waals surface area (Å²) in [5.41, 5.74) is 0.955. The standard InChI is InChI=1S/C12H15NO5S/c14-10(12(15)16)7-13-19(17,18)11-6-9(11)8-4-2-1-3-5-8/h1-5,9-11,13-14H,6-7H2,(H,15,16)/t9?,10-,11?/m1/s1. The van der Waals surface area contributed by atoms with E-state index in [0.29, 0.717) is 6.42 Å². The van der Waals surface area contributed by atoms with E-state index in [1.807, 2.05) is 30.3 Å². The molecule has 0 aliphatic heterocycles. The van der Waals surface area contributed by atoms with E-state index in [9.17, 15) is 13.2 Å². The molecule has 1 saturated carbocycles. The van der Waals surface area contributed by atoms with Crippen LogP contribution in [0.1, 0.15) is 17.9 Å². The number of hydrogen-bond donors (Lipinski definition) is 3. The minimum atomic E-state index is -3.59. The summed E-state index contributed by atoms with van der Waals surface area (Å²) in [5.74, 6) is -1.50. The Labute approximate surface area is 111 Å². The molecular formula is C12H15NO5S. The predicted molar refractivity (Wildman–Crippen MR) is 68.2 cm³/mol. The zero-order chi connectivity index (χ0) is 14.0. The van der Waals surface area contributed by atoms with E-state index in [0.717, 1.165) is 5.56 Å². The van der Waals surface area contributed by atoms with Crippen LogP contribution in [0.25, 0.3) is 0 Å². The normalized spacial score (nSPS) is 23.8. The minimum absolute atomic E-state index is 0.0549. The van der Waals surface area contributed by atoms with Crippen molar-refractivity contribution in [1.82, 2.24) is 4.72 Å². The zero-order valence-electron chi connectivity index (χ0n) is 10.1. The highest BCUT2D eigenvalue weighted by molar-refractivity contribution is 7.90. The van der Waals surface area contributed by atoms with Crippen LogP contribution in [0.3, 0.4) is 0 Å². The SMILES string of the molecule is O=C(O)[C@H](O)CNS(=O)(=O)C1CC1c1ccccc1. The minimum Gasteiger partial charge on any atom is -0.479 e. The molecule has 2 unspecified atom stereocenters. The Morgan fingerprint density at radius 3 is 2.58 bits per heavy atom. The van der Waals surface area contributed by atoms with Crippen LogP contribution in [-0.2, 0) is 14.8 Å². The topological polar surface area (TPSA) is 104 Å². The van der Waals surface area contributed by atoms with Crippen molar-refractivity contribution in [3.63, 3.8) is 0 Å². The van der Waals surface area contributed by atoms with Crippen LogP contribution in [0.2, 0.25) is 0 Å². The highest BCUT2D eigenvalue weighted by Crippen LogP contribution is 2.45. The second kappa shape index (κ2) is 5.28. The van der Waals surface area contributed by atoms with Crippen LogP contribution in [0.15, 0.2) is 30.3 Å². The van der Waals surface area contributed by atoms with Crippen molar-refractivity contribution >= 4 is 16.0 Å². The lowest BCUT2D eigenvalue weighted by molar-refractivity contribution is -0.146. The number of aliphatic carboxylic acids is 1. The predicted octanol–water partition coefficient (Wildman–Crippen LogP) is -0.0926. The number of carboxylic acids is 1. The molecule has 1 fully saturated rings. The van der Waals surface area contributed by atoms with Gasteiger partial charge in [0.05, 0.1) is 5.25 Å². The monoisotopic (exact) mass is 285 g/mol. The summed E-state index contributed by atoms with van der Waals surface area (Å²) in [6, 6.07) is 9.29. The molecule has 104 valence electrons. The lowest BCUT2D eigenvalue weighted by Crippen LogP contribution is -2.38. The van der Waals surface area contributed by atoms with Gasteiger partial charge in [0.1, 0.15) is 0 Å². The van der Waals surface area contributed by atoms with Crippen molar-refractivity contribution in [1.29, 1.82) is 0 Å². The summed E-state index contributed by atoms with van der Waals surface area (Å²) in [6.07, 6.45) is -1.20. The molecule has 0 saturated heterocycles. The largest absolute Gasteiger partial charge is 0.479 e. The first-order valence-electron chi connectivity index (χ1n) is 5.86. The summed E-state index contributed by atoms with van der Waals surface area (Å²) in [4.78, 5) is 10.4. The number of benzene rings is 1. The molecule has 1 aliphatic carbocycles. The molecule has 19 heavy (non-hydrogen) atoms. The van der Waals surface area contributed by atoms with E-state index in [-0.39, 0.29) is 5.92 Å². The van der Waals surface area contributed by atoms with Gasteiger partial charge in [0.15, 0.2) is 6.10 Å². The molecule has 0 radical (unpaired) electrons. The molecule has 6 nitrogen and oxygen atoms in total. The lowest BCUT2D eigenvalue weighted by Gasteiger charge is -2.08. The van der Waals surface area contributed by atoms with Crippen molar-refractivity contribution in [2.45, 2.75) is 23.7 Å². The van der Waals surface area contributed by atoms with Gasteiger partial charge in [0.25, 0.3) is 0 Å². The number of rotatable bonds is 6. The number of aliphatic hydroxyl groups is 1. The lowest BCUT2D eigenvalue weighted by atomic mass is 10.1. The van der Waals surface area contributed by atoms with Crippen molar-refractivity contribution in [2.24, 2.45) is 0 Å². The summed E-state index contributed by atoms with van der Waals surface area (Å²) in [6.45, 7) is -0.504. The fourth-order valence-electron chi connectivity index (χ4n) is 1.96. The molecule has 0 aromatic heterocycles. The number of carboxylic acid groups (broad SMARTS) is 1. The Kier molecular flexibility index (Phi) is 3.88. The van der Waals surface area contributed by atoms with Gasteiger partial charge in [-0.25, -0.2) is 17.9 Å². The molecule has 0 heterocycles. The first-order valence-corrected chi connectivity index (χ1v) is 7.41. The Balaban J connectivity index is 1.94. The molecule has 0 spiro atoms. The van der Waals surface area contributed by atoms with E-state index in [1.165, 1.54) is 0 Å². The quantitative estimate of drug-likeness (QED) is 0.677. The van der Waals surface area contributed by atoms with Crippen LogP contribution in [0, 0.1) is 0 Å². The molecule has 1 aromatic carbocycles. The average Bonchev–Trinajstić information content (AvgIpc) is 3.18. The molecule has 0 amide bonds. The molecule has 1 aromatic rings. The van der Waals surface area contributed by atoms with Gasteiger partial charge in [0, 0.05) is 12.5 Å². The third-order valence-electron chi connectivity index (χ3n) is 3.12. The molecule has 3 N–H and O–H groups in total.